The van der Waals surface area contributed by atoms with Crippen molar-refractivity contribution < 1.29 is 9.59 Å². The highest BCUT2D eigenvalue weighted by Gasteiger charge is 2.13. The molecule has 2 aromatic carbocycles. The van der Waals surface area contributed by atoms with Crippen LogP contribution in [0.3, 0.4) is 0 Å². The van der Waals surface area contributed by atoms with Crippen LogP contribution in [0.15, 0.2) is 65.6 Å². The van der Waals surface area contributed by atoms with E-state index in [0.29, 0.717) is 16.6 Å². The van der Waals surface area contributed by atoms with Gasteiger partial charge in [-0.2, -0.15) is 0 Å². The molecule has 0 atom stereocenters. The maximum atomic E-state index is 12.3. The molecule has 2 amide bonds. The number of aromatic nitrogens is 1. The van der Waals surface area contributed by atoms with E-state index < -0.39 is 5.91 Å². The Morgan fingerprint density at radius 1 is 0.958 bits per heavy atom. The number of carbonyl (C=O) groups excluding carboxylic acids is 2. The number of hydrogen-bond donors (Lipinski definition) is 3. The Kier molecular flexibility index (Phi) is 4.38. The Labute approximate surface area is 137 Å². The van der Waals surface area contributed by atoms with Crippen molar-refractivity contribution >= 4 is 28.4 Å². The first-order valence-corrected chi connectivity index (χ1v) is 7.38. The zero-order valence-corrected chi connectivity index (χ0v) is 12.7. The Hall–Kier alpha value is -3.41. The van der Waals surface area contributed by atoms with E-state index >= 15 is 0 Å². The monoisotopic (exact) mass is 321 g/mol. The summed E-state index contributed by atoms with van der Waals surface area (Å²) in [6.07, 6.45) is 1.36. The van der Waals surface area contributed by atoms with E-state index in [2.05, 4.69) is 15.6 Å². The van der Waals surface area contributed by atoms with Crippen LogP contribution in [0.4, 0.5) is 5.69 Å². The topological polar surface area (TPSA) is 91.1 Å². The van der Waals surface area contributed by atoms with Crippen LogP contribution in [0, 0.1) is 0 Å². The van der Waals surface area contributed by atoms with Gasteiger partial charge in [-0.15, -0.1) is 0 Å². The third kappa shape index (κ3) is 3.33. The highest BCUT2D eigenvalue weighted by Crippen LogP contribution is 2.07. The highest BCUT2D eigenvalue weighted by molar-refractivity contribution is 6.00. The highest BCUT2D eigenvalue weighted by atomic mass is 16.2. The minimum atomic E-state index is -0.592. The number of amides is 2. The summed E-state index contributed by atoms with van der Waals surface area (Å²) in [7, 11) is 0. The number of hydrogen-bond acceptors (Lipinski definition) is 3. The van der Waals surface area contributed by atoms with Crippen molar-refractivity contribution in [1.82, 2.24) is 10.3 Å². The van der Waals surface area contributed by atoms with Crippen molar-refractivity contribution in [2.24, 2.45) is 0 Å². The predicted molar refractivity (Wildman–Crippen MR) is 92.0 cm³/mol. The Balaban J connectivity index is 1.68. The summed E-state index contributed by atoms with van der Waals surface area (Å²) in [4.78, 5) is 39.2. The second-order valence-electron chi connectivity index (χ2n) is 5.17. The third-order valence-corrected chi connectivity index (χ3v) is 3.50. The number of nitrogens with one attached hydrogen (secondary N) is 3. The molecule has 0 saturated carbocycles. The van der Waals surface area contributed by atoms with Gasteiger partial charge in [-0.25, -0.2) is 0 Å². The second kappa shape index (κ2) is 6.78. The summed E-state index contributed by atoms with van der Waals surface area (Å²) in [6, 6.07) is 15.8. The first kappa shape index (κ1) is 15.5. The maximum absolute atomic E-state index is 12.3. The first-order chi connectivity index (χ1) is 11.6. The minimum absolute atomic E-state index is 0.0267. The predicted octanol–water partition coefficient (Wildman–Crippen LogP) is 1.90. The fourth-order valence-electron chi connectivity index (χ4n) is 2.32. The number of anilines is 1. The molecule has 120 valence electrons. The van der Waals surface area contributed by atoms with Gasteiger partial charge in [-0.1, -0.05) is 30.3 Å². The molecular formula is C18H15N3O3. The van der Waals surface area contributed by atoms with Crippen molar-refractivity contribution in [3.8, 4) is 0 Å². The molecular weight excluding hydrogens is 306 g/mol. The van der Waals surface area contributed by atoms with E-state index in [1.54, 1.807) is 48.5 Å². The lowest BCUT2D eigenvalue weighted by Gasteiger charge is -2.07. The van der Waals surface area contributed by atoms with Crippen molar-refractivity contribution in [1.29, 1.82) is 0 Å². The summed E-state index contributed by atoms with van der Waals surface area (Å²) < 4.78 is 0. The lowest BCUT2D eigenvalue weighted by atomic mass is 10.1. The summed E-state index contributed by atoms with van der Waals surface area (Å²) in [6.45, 7) is -0.222. The number of H-pyrrole nitrogens is 1. The number of benzene rings is 2. The molecule has 3 aromatic rings. The van der Waals surface area contributed by atoms with Crippen molar-refractivity contribution in [3.05, 3.63) is 76.6 Å². The fourth-order valence-corrected chi connectivity index (χ4v) is 2.32. The summed E-state index contributed by atoms with van der Waals surface area (Å²) in [5.74, 6) is -0.961. The van der Waals surface area contributed by atoms with Gasteiger partial charge in [0.1, 0.15) is 5.56 Å². The molecule has 0 radical (unpaired) electrons. The number of rotatable bonds is 4. The van der Waals surface area contributed by atoms with Crippen LogP contribution in [0.5, 0.6) is 0 Å². The third-order valence-electron chi connectivity index (χ3n) is 3.50. The minimum Gasteiger partial charge on any atom is -0.360 e. The van der Waals surface area contributed by atoms with Crippen LogP contribution in [0.25, 0.3) is 10.9 Å². The van der Waals surface area contributed by atoms with Crippen LogP contribution >= 0.6 is 0 Å². The molecule has 0 saturated heterocycles. The Bertz CT molecular complexity index is 948. The lowest BCUT2D eigenvalue weighted by Crippen LogP contribution is -2.35. The van der Waals surface area contributed by atoms with Gasteiger partial charge >= 0.3 is 0 Å². The molecule has 3 N–H and O–H groups in total. The average molecular weight is 321 g/mol. The lowest BCUT2D eigenvalue weighted by molar-refractivity contribution is -0.115. The quantitative estimate of drug-likeness (QED) is 0.685. The van der Waals surface area contributed by atoms with Gasteiger partial charge in [-0.3, -0.25) is 14.4 Å². The smallest absolute Gasteiger partial charge is 0.257 e. The molecule has 0 fully saturated rings. The van der Waals surface area contributed by atoms with Crippen molar-refractivity contribution in [3.63, 3.8) is 0 Å². The van der Waals surface area contributed by atoms with E-state index in [1.165, 1.54) is 6.20 Å². The molecule has 6 heteroatoms. The summed E-state index contributed by atoms with van der Waals surface area (Å²) >= 11 is 0. The molecule has 1 heterocycles. The normalized spacial score (nSPS) is 10.3. The average Bonchev–Trinajstić information content (AvgIpc) is 2.61. The largest absolute Gasteiger partial charge is 0.360 e. The van der Waals surface area contributed by atoms with Gasteiger partial charge < -0.3 is 15.6 Å². The molecule has 0 aliphatic carbocycles. The van der Waals surface area contributed by atoms with Crippen LogP contribution in [0.2, 0.25) is 0 Å². The molecule has 24 heavy (non-hydrogen) atoms. The van der Waals surface area contributed by atoms with E-state index in [0.717, 1.165) is 0 Å². The molecule has 0 unspecified atom stereocenters. The van der Waals surface area contributed by atoms with Crippen LogP contribution in [-0.4, -0.2) is 23.3 Å². The number of aromatic amines is 1. The molecule has 0 aliphatic heterocycles. The SMILES string of the molecule is O=C(CNC(=O)c1c[nH]c2ccccc2c1=O)Nc1ccccc1. The number of para-hydroxylation sites is 2. The van der Waals surface area contributed by atoms with Gasteiger partial charge in [-0.05, 0) is 24.3 Å². The van der Waals surface area contributed by atoms with Gasteiger partial charge in [0.15, 0.2) is 0 Å². The standard InChI is InChI=1S/C18H15N3O3/c22-16(21-12-6-2-1-3-7-12)11-20-18(24)14-10-19-15-9-5-4-8-13(15)17(14)23/h1-10H,11H2,(H,19,23)(H,20,24)(H,21,22). The van der Waals surface area contributed by atoms with Crippen molar-refractivity contribution in [2.75, 3.05) is 11.9 Å². The molecule has 3 rings (SSSR count). The molecule has 0 bridgehead atoms. The Morgan fingerprint density at radius 2 is 1.67 bits per heavy atom. The van der Waals surface area contributed by atoms with E-state index in [4.69, 9.17) is 0 Å². The maximum Gasteiger partial charge on any atom is 0.257 e. The van der Waals surface area contributed by atoms with Crippen LogP contribution in [-0.2, 0) is 4.79 Å². The van der Waals surface area contributed by atoms with E-state index in [9.17, 15) is 14.4 Å². The second-order valence-corrected chi connectivity index (χ2v) is 5.17. The number of pyridine rings is 1. The summed E-state index contributed by atoms with van der Waals surface area (Å²) in [5.41, 5.74) is 0.896. The van der Waals surface area contributed by atoms with Crippen LogP contribution in [0.1, 0.15) is 10.4 Å². The van der Waals surface area contributed by atoms with E-state index in [1.807, 2.05) is 6.07 Å². The fraction of sp³-hybridized carbons (Fsp3) is 0.0556. The molecule has 0 spiro atoms. The zero-order valence-electron chi connectivity index (χ0n) is 12.7. The molecule has 6 nitrogen and oxygen atoms in total. The first-order valence-electron chi connectivity index (χ1n) is 7.38. The molecule has 0 aliphatic rings. The van der Waals surface area contributed by atoms with E-state index in [-0.39, 0.29) is 23.4 Å². The number of carbonyl (C=O) groups is 2. The zero-order chi connectivity index (χ0) is 16.9. The van der Waals surface area contributed by atoms with Gasteiger partial charge in [0.25, 0.3) is 5.91 Å². The van der Waals surface area contributed by atoms with Crippen LogP contribution < -0.4 is 16.1 Å². The van der Waals surface area contributed by atoms with Gasteiger partial charge in [0.05, 0.1) is 6.54 Å². The number of fused-ring (bicyclic) bond motifs is 1. The Morgan fingerprint density at radius 3 is 2.46 bits per heavy atom. The van der Waals surface area contributed by atoms with Gasteiger partial charge in [0.2, 0.25) is 11.3 Å². The summed E-state index contributed by atoms with van der Waals surface area (Å²) in [5, 5.41) is 5.54. The molecule has 1 aromatic heterocycles. The van der Waals surface area contributed by atoms with Gasteiger partial charge in [0, 0.05) is 22.8 Å². The van der Waals surface area contributed by atoms with Crippen molar-refractivity contribution in [2.45, 2.75) is 0 Å².